The van der Waals surface area contributed by atoms with Crippen LogP contribution in [0.1, 0.15) is 46.0 Å². The topological polar surface area (TPSA) is 20.2 Å². The number of aliphatic hydroxyl groups excluding tert-OH is 1. The molecule has 0 bridgehead atoms. The molecule has 0 aliphatic heterocycles. The van der Waals surface area contributed by atoms with Crippen LogP contribution in [0.3, 0.4) is 0 Å². The van der Waals surface area contributed by atoms with E-state index in [0.29, 0.717) is 12.0 Å². The van der Waals surface area contributed by atoms with E-state index in [1.807, 2.05) is 0 Å². The van der Waals surface area contributed by atoms with Crippen LogP contribution in [0.5, 0.6) is 0 Å². The standard InChI is InChI=1S/C10H20O/c1-9-5-3-4-6-10(9,2)7-8-11/h9,11H,3-8H2,1-2H3. The summed E-state index contributed by atoms with van der Waals surface area (Å²) in [7, 11) is 0. The summed E-state index contributed by atoms with van der Waals surface area (Å²) in [4.78, 5) is 0. The Kier molecular flexibility index (Phi) is 2.94. The number of hydrogen-bond acceptors (Lipinski definition) is 1. The molecule has 0 spiro atoms. The number of aliphatic hydroxyl groups is 1. The van der Waals surface area contributed by atoms with E-state index < -0.39 is 0 Å². The van der Waals surface area contributed by atoms with Crippen molar-refractivity contribution in [1.29, 1.82) is 0 Å². The van der Waals surface area contributed by atoms with Gasteiger partial charge in [0.1, 0.15) is 0 Å². The zero-order valence-electron chi connectivity index (χ0n) is 7.77. The quantitative estimate of drug-likeness (QED) is 0.651. The highest BCUT2D eigenvalue weighted by Gasteiger charge is 2.32. The highest BCUT2D eigenvalue weighted by Crippen LogP contribution is 2.42. The highest BCUT2D eigenvalue weighted by molar-refractivity contribution is 4.83. The molecule has 0 aromatic carbocycles. The average Bonchev–Trinajstić information content (AvgIpc) is 1.96. The van der Waals surface area contributed by atoms with Crippen molar-refractivity contribution in [3.8, 4) is 0 Å². The first-order valence-corrected chi connectivity index (χ1v) is 4.80. The number of rotatable bonds is 2. The number of hydrogen-bond donors (Lipinski definition) is 1. The monoisotopic (exact) mass is 156 g/mol. The molecule has 66 valence electrons. The molecular formula is C10H20O. The third-order valence-corrected chi connectivity index (χ3v) is 3.51. The summed E-state index contributed by atoms with van der Waals surface area (Å²) in [6, 6.07) is 0. The lowest BCUT2D eigenvalue weighted by Gasteiger charge is -2.39. The Morgan fingerprint density at radius 2 is 2.18 bits per heavy atom. The van der Waals surface area contributed by atoms with Crippen LogP contribution < -0.4 is 0 Å². The van der Waals surface area contributed by atoms with Crippen molar-refractivity contribution in [3.05, 3.63) is 0 Å². The van der Waals surface area contributed by atoms with Crippen LogP contribution in [0.4, 0.5) is 0 Å². The summed E-state index contributed by atoms with van der Waals surface area (Å²) in [5, 5.41) is 8.90. The Morgan fingerprint density at radius 1 is 1.45 bits per heavy atom. The molecular weight excluding hydrogens is 136 g/mol. The predicted molar refractivity (Wildman–Crippen MR) is 47.4 cm³/mol. The van der Waals surface area contributed by atoms with Gasteiger partial charge in [-0.25, -0.2) is 0 Å². The Balaban J connectivity index is 2.49. The molecule has 1 N–H and O–H groups in total. The van der Waals surface area contributed by atoms with Gasteiger partial charge in [0.2, 0.25) is 0 Å². The van der Waals surface area contributed by atoms with Gasteiger partial charge in [-0.2, -0.15) is 0 Å². The van der Waals surface area contributed by atoms with E-state index in [4.69, 9.17) is 5.11 Å². The van der Waals surface area contributed by atoms with Crippen LogP contribution in [0.15, 0.2) is 0 Å². The molecule has 0 radical (unpaired) electrons. The molecule has 0 aromatic heterocycles. The van der Waals surface area contributed by atoms with Crippen molar-refractivity contribution in [2.45, 2.75) is 46.0 Å². The molecule has 2 atom stereocenters. The second-order valence-corrected chi connectivity index (χ2v) is 4.27. The smallest absolute Gasteiger partial charge is 0.0436 e. The first-order valence-electron chi connectivity index (χ1n) is 4.80. The van der Waals surface area contributed by atoms with E-state index in [2.05, 4.69) is 13.8 Å². The molecule has 0 aromatic rings. The zero-order valence-corrected chi connectivity index (χ0v) is 7.77. The normalized spacial score (nSPS) is 39.0. The SMILES string of the molecule is CC1CCCCC1(C)CCO. The van der Waals surface area contributed by atoms with Crippen molar-refractivity contribution in [2.24, 2.45) is 11.3 Å². The van der Waals surface area contributed by atoms with E-state index in [0.717, 1.165) is 12.3 Å². The zero-order chi connectivity index (χ0) is 8.32. The van der Waals surface area contributed by atoms with Crippen LogP contribution in [-0.2, 0) is 0 Å². The Morgan fingerprint density at radius 3 is 2.73 bits per heavy atom. The van der Waals surface area contributed by atoms with Crippen molar-refractivity contribution < 1.29 is 5.11 Å². The lowest BCUT2D eigenvalue weighted by Crippen LogP contribution is -2.29. The van der Waals surface area contributed by atoms with Gasteiger partial charge in [-0.15, -0.1) is 0 Å². The van der Waals surface area contributed by atoms with E-state index in [1.165, 1.54) is 25.7 Å². The summed E-state index contributed by atoms with van der Waals surface area (Å²) in [6.07, 6.45) is 6.42. The third-order valence-electron chi connectivity index (χ3n) is 3.51. The van der Waals surface area contributed by atoms with E-state index in [1.54, 1.807) is 0 Å². The fraction of sp³-hybridized carbons (Fsp3) is 1.00. The summed E-state index contributed by atoms with van der Waals surface area (Å²) >= 11 is 0. The molecule has 2 unspecified atom stereocenters. The van der Waals surface area contributed by atoms with Crippen molar-refractivity contribution in [3.63, 3.8) is 0 Å². The minimum atomic E-state index is 0.362. The minimum absolute atomic E-state index is 0.362. The van der Waals surface area contributed by atoms with Crippen LogP contribution in [0.2, 0.25) is 0 Å². The Hall–Kier alpha value is -0.0400. The van der Waals surface area contributed by atoms with E-state index in [9.17, 15) is 0 Å². The van der Waals surface area contributed by atoms with Gasteiger partial charge in [0.15, 0.2) is 0 Å². The Labute approximate surface area is 69.8 Å². The van der Waals surface area contributed by atoms with Crippen LogP contribution in [0, 0.1) is 11.3 Å². The van der Waals surface area contributed by atoms with Gasteiger partial charge in [-0.3, -0.25) is 0 Å². The fourth-order valence-corrected chi connectivity index (χ4v) is 2.20. The summed E-state index contributed by atoms with van der Waals surface area (Å²) in [5.74, 6) is 0.809. The molecule has 0 heterocycles. The molecule has 1 fully saturated rings. The maximum atomic E-state index is 8.90. The lowest BCUT2D eigenvalue weighted by molar-refractivity contribution is 0.0892. The summed E-state index contributed by atoms with van der Waals surface area (Å²) in [5.41, 5.74) is 0.438. The lowest BCUT2D eigenvalue weighted by atomic mass is 9.67. The van der Waals surface area contributed by atoms with Crippen molar-refractivity contribution in [1.82, 2.24) is 0 Å². The summed E-state index contributed by atoms with van der Waals surface area (Å²) < 4.78 is 0. The molecule has 1 saturated carbocycles. The van der Waals surface area contributed by atoms with Crippen LogP contribution in [0.25, 0.3) is 0 Å². The summed E-state index contributed by atoms with van der Waals surface area (Å²) in [6.45, 7) is 5.02. The molecule has 1 aliphatic rings. The van der Waals surface area contributed by atoms with Crippen molar-refractivity contribution >= 4 is 0 Å². The molecule has 1 aliphatic carbocycles. The van der Waals surface area contributed by atoms with Gasteiger partial charge in [-0.05, 0) is 24.2 Å². The van der Waals surface area contributed by atoms with Crippen LogP contribution >= 0.6 is 0 Å². The molecule has 0 saturated heterocycles. The van der Waals surface area contributed by atoms with Crippen LogP contribution in [-0.4, -0.2) is 11.7 Å². The molecule has 0 amide bonds. The molecule has 11 heavy (non-hydrogen) atoms. The fourth-order valence-electron chi connectivity index (χ4n) is 2.20. The van der Waals surface area contributed by atoms with Gasteiger partial charge in [-0.1, -0.05) is 33.1 Å². The average molecular weight is 156 g/mol. The van der Waals surface area contributed by atoms with E-state index in [-0.39, 0.29) is 0 Å². The van der Waals surface area contributed by atoms with Gasteiger partial charge >= 0.3 is 0 Å². The minimum Gasteiger partial charge on any atom is -0.396 e. The first kappa shape index (κ1) is 9.05. The van der Waals surface area contributed by atoms with E-state index >= 15 is 0 Å². The predicted octanol–water partition coefficient (Wildman–Crippen LogP) is 2.59. The Bertz CT molecular complexity index is 118. The maximum absolute atomic E-state index is 8.90. The second kappa shape index (κ2) is 3.57. The molecule has 1 nitrogen and oxygen atoms in total. The second-order valence-electron chi connectivity index (χ2n) is 4.27. The molecule has 1 rings (SSSR count). The first-order chi connectivity index (χ1) is 5.19. The molecule has 1 heteroatoms. The highest BCUT2D eigenvalue weighted by atomic mass is 16.3. The van der Waals surface area contributed by atoms with Gasteiger partial charge in [0, 0.05) is 6.61 Å². The maximum Gasteiger partial charge on any atom is 0.0436 e. The van der Waals surface area contributed by atoms with Gasteiger partial charge in [0.05, 0.1) is 0 Å². The third kappa shape index (κ3) is 1.96. The van der Waals surface area contributed by atoms with Crippen molar-refractivity contribution in [2.75, 3.05) is 6.61 Å². The van der Waals surface area contributed by atoms with Gasteiger partial charge in [0.25, 0.3) is 0 Å². The van der Waals surface area contributed by atoms with Gasteiger partial charge < -0.3 is 5.11 Å². The largest absolute Gasteiger partial charge is 0.396 e.